The number of benzene rings is 1. The van der Waals surface area contributed by atoms with E-state index >= 15 is 0 Å². The zero-order valence-corrected chi connectivity index (χ0v) is 20.3. The van der Waals surface area contributed by atoms with Crippen LogP contribution in [-0.4, -0.2) is 40.8 Å². The first-order valence-electron chi connectivity index (χ1n) is 11.2. The maximum absolute atomic E-state index is 5.22. The molecule has 0 spiro atoms. The fourth-order valence-corrected chi connectivity index (χ4v) is 4.64. The summed E-state index contributed by atoms with van der Waals surface area (Å²) in [6.07, 6.45) is 5.29. The number of nitrogens with one attached hydrogen (secondary N) is 1. The fourth-order valence-electron chi connectivity index (χ4n) is 3.76. The van der Waals surface area contributed by atoms with Crippen molar-refractivity contribution >= 4 is 33.2 Å². The lowest BCUT2D eigenvalue weighted by molar-refractivity contribution is 0.568. The summed E-state index contributed by atoms with van der Waals surface area (Å²) >= 11 is 1.68. The van der Waals surface area contributed by atoms with Gasteiger partial charge in [-0.05, 0) is 49.6 Å². The number of rotatable bonds is 8. The standard InChI is InChI=1S/C26H26N6OS/c1-17-15-21-25(28-24(29-26(21)34-17)20-12-14-33-16-20)27-13-4-5-18-6-8-19(9-7-18)22-10-11-23(31-30-22)32(2)3/h6-12,14-16H,4-5,13H2,1-3H3,(H,27,28,29). The van der Waals surface area contributed by atoms with Crippen LogP contribution >= 0.6 is 11.3 Å². The van der Waals surface area contributed by atoms with Gasteiger partial charge in [-0.2, -0.15) is 0 Å². The average Bonchev–Trinajstić information content (AvgIpc) is 3.51. The normalized spacial score (nSPS) is 11.1. The first-order chi connectivity index (χ1) is 16.6. The maximum Gasteiger partial charge on any atom is 0.166 e. The van der Waals surface area contributed by atoms with Crippen LogP contribution in [-0.2, 0) is 6.42 Å². The molecule has 5 rings (SSSR count). The molecule has 0 unspecified atom stereocenters. The maximum atomic E-state index is 5.22. The van der Waals surface area contributed by atoms with E-state index in [-0.39, 0.29) is 0 Å². The van der Waals surface area contributed by atoms with Gasteiger partial charge in [0.15, 0.2) is 11.6 Å². The van der Waals surface area contributed by atoms with Crippen LogP contribution < -0.4 is 10.2 Å². The average molecular weight is 471 g/mol. The van der Waals surface area contributed by atoms with Crippen LogP contribution in [0.15, 0.2) is 65.5 Å². The lowest BCUT2D eigenvalue weighted by atomic mass is 10.1. The minimum Gasteiger partial charge on any atom is -0.472 e. The Balaban J connectivity index is 1.22. The van der Waals surface area contributed by atoms with Gasteiger partial charge in [-0.3, -0.25) is 0 Å². The zero-order valence-electron chi connectivity index (χ0n) is 19.4. The number of anilines is 2. The number of fused-ring (bicyclic) bond motifs is 1. The molecule has 1 aromatic carbocycles. The van der Waals surface area contributed by atoms with Crippen LogP contribution in [0.2, 0.25) is 0 Å². The minimum absolute atomic E-state index is 0.683. The molecule has 1 N–H and O–H groups in total. The van der Waals surface area contributed by atoms with Crippen molar-refractivity contribution in [3.63, 3.8) is 0 Å². The van der Waals surface area contributed by atoms with Gasteiger partial charge in [-0.1, -0.05) is 24.3 Å². The summed E-state index contributed by atoms with van der Waals surface area (Å²) in [6.45, 7) is 2.92. The smallest absolute Gasteiger partial charge is 0.166 e. The molecule has 0 radical (unpaired) electrons. The van der Waals surface area contributed by atoms with Crippen molar-refractivity contribution in [1.82, 2.24) is 20.2 Å². The monoisotopic (exact) mass is 470 g/mol. The first-order valence-corrected chi connectivity index (χ1v) is 12.0. The summed E-state index contributed by atoms with van der Waals surface area (Å²) in [5.41, 5.74) is 4.13. The molecule has 0 amide bonds. The Kier molecular flexibility index (Phi) is 6.22. The highest BCUT2D eigenvalue weighted by Crippen LogP contribution is 2.31. The Morgan fingerprint density at radius 2 is 1.82 bits per heavy atom. The van der Waals surface area contributed by atoms with Crippen molar-refractivity contribution in [2.75, 3.05) is 30.9 Å². The SMILES string of the molecule is Cc1cc2c(NCCCc3ccc(-c4ccc(N(C)C)nn4)cc3)nc(-c3ccoc3)nc2s1. The predicted molar refractivity (Wildman–Crippen MR) is 138 cm³/mol. The number of nitrogens with zero attached hydrogens (tertiary/aromatic N) is 5. The first kappa shape index (κ1) is 22.0. The molecule has 172 valence electrons. The summed E-state index contributed by atoms with van der Waals surface area (Å²) in [5, 5.41) is 13.2. The lowest BCUT2D eigenvalue weighted by Gasteiger charge is -2.10. The highest BCUT2D eigenvalue weighted by Gasteiger charge is 2.12. The van der Waals surface area contributed by atoms with Gasteiger partial charge in [0.25, 0.3) is 0 Å². The second kappa shape index (κ2) is 9.61. The number of hydrogen-bond acceptors (Lipinski definition) is 8. The van der Waals surface area contributed by atoms with Gasteiger partial charge in [0.1, 0.15) is 16.9 Å². The van der Waals surface area contributed by atoms with Crippen molar-refractivity contribution < 1.29 is 4.42 Å². The molecular weight excluding hydrogens is 444 g/mol. The molecule has 0 aliphatic rings. The summed E-state index contributed by atoms with van der Waals surface area (Å²) in [7, 11) is 3.92. The van der Waals surface area contributed by atoms with E-state index < -0.39 is 0 Å². The molecule has 34 heavy (non-hydrogen) atoms. The molecule has 0 bridgehead atoms. The van der Waals surface area contributed by atoms with Gasteiger partial charge in [0.05, 0.1) is 22.9 Å². The Morgan fingerprint density at radius 3 is 2.53 bits per heavy atom. The van der Waals surface area contributed by atoms with E-state index in [1.807, 2.05) is 37.2 Å². The number of aromatic nitrogens is 4. The number of aryl methyl sites for hydroxylation is 2. The third-order valence-corrected chi connectivity index (χ3v) is 6.53. The second-order valence-corrected chi connectivity index (χ2v) is 9.62. The molecule has 7 nitrogen and oxygen atoms in total. The van der Waals surface area contributed by atoms with Crippen LogP contribution in [0.5, 0.6) is 0 Å². The Morgan fingerprint density at radius 1 is 0.971 bits per heavy atom. The largest absolute Gasteiger partial charge is 0.472 e. The van der Waals surface area contributed by atoms with E-state index in [2.05, 4.69) is 52.8 Å². The third kappa shape index (κ3) is 4.77. The lowest BCUT2D eigenvalue weighted by Crippen LogP contribution is -2.11. The van der Waals surface area contributed by atoms with Gasteiger partial charge in [-0.15, -0.1) is 21.5 Å². The number of thiophene rings is 1. The van der Waals surface area contributed by atoms with Gasteiger partial charge in [0.2, 0.25) is 0 Å². The van der Waals surface area contributed by atoms with Gasteiger partial charge < -0.3 is 14.6 Å². The Bertz CT molecular complexity index is 1380. The molecule has 0 aliphatic heterocycles. The Hall–Kier alpha value is -3.78. The molecular formula is C26H26N6OS. The molecule has 5 aromatic rings. The molecule has 4 heterocycles. The van der Waals surface area contributed by atoms with E-state index in [1.54, 1.807) is 23.9 Å². The van der Waals surface area contributed by atoms with E-state index in [0.717, 1.165) is 58.1 Å². The number of hydrogen-bond donors (Lipinski definition) is 1. The van der Waals surface area contributed by atoms with Crippen molar-refractivity contribution in [1.29, 1.82) is 0 Å². The van der Waals surface area contributed by atoms with E-state index in [4.69, 9.17) is 14.4 Å². The summed E-state index contributed by atoms with van der Waals surface area (Å²) in [4.78, 5) is 13.6. The molecule has 0 atom stereocenters. The van der Waals surface area contributed by atoms with Gasteiger partial charge in [0, 0.05) is 31.1 Å². The second-order valence-electron chi connectivity index (χ2n) is 8.38. The molecule has 8 heteroatoms. The van der Waals surface area contributed by atoms with Crippen molar-refractivity contribution in [3.8, 4) is 22.6 Å². The van der Waals surface area contributed by atoms with Crippen molar-refractivity contribution in [2.24, 2.45) is 0 Å². The predicted octanol–water partition coefficient (Wildman–Crippen LogP) is 5.83. The summed E-state index contributed by atoms with van der Waals surface area (Å²) in [5.74, 6) is 2.41. The Labute approximate surface area is 202 Å². The highest BCUT2D eigenvalue weighted by atomic mass is 32.1. The highest BCUT2D eigenvalue weighted by molar-refractivity contribution is 7.18. The summed E-state index contributed by atoms with van der Waals surface area (Å²) in [6, 6.07) is 16.6. The van der Waals surface area contributed by atoms with E-state index in [1.165, 1.54) is 10.4 Å². The topological polar surface area (TPSA) is 80.0 Å². The molecule has 0 fully saturated rings. The van der Waals surface area contributed by atoms with Crippen LogP contribution in [0.25, 0.3) is 32.9 Å². The van der Waals surface area contributed by atoms with Crippen molar-refractivity contribution in [3.05, 3.63) is 71.5 Å². The van der Waals surface area contributed by atoms with Crippen molar-refractivity contribution in [2.45, 2.75) is 19.8 Å². The van der Waals surface area contributed by atoms with Gasteiger partial charge >= 0.3 is 0 Å². The van der Waals surface area contributed by atoms with E-state index in [9.17, 15) is 0 Å². The third-order valence-electron chi connectivity index (χ3n) is 5.59. The molecule has 4 aromatic heterocycles. The minimum atomic E-state index is 0.683. The van der Waals surface area contributed by atoms with Crippen LogP contribution in [0.1, 0.15) is 16.9 Å². The van der Waals surface area contributed by atoms with Crippen LogP contribution in [0.4, 0.5) is 11.6 Å². The van der Waals surface area contributed by atoms with Gasteiger partial charge in [-0.25, -0.2) is 9.97 Å². The number of furan rings is 1. The summed E-state index contributed by atoms with van der Waals surface area (Å²) < 4.78 is 5.22. The van der Waals surface area contributed by atoms with E-state index in [0.29, 0.717) is 5.82 Å². The van der Waals surface area contributed by atoms with Crippen LogP contribution in [0, 0.1) is 6.92 Å². The molecule has 0 saturated carbocycles. The molecule has 0 saturated heterocycles. The fraction of sp³-hybridized carbons (Fsp3) is 0.231. The van der Waals surface area contributed by atoms with Crippen LogP contribution in [0.3, 0.4) is 0 Å². The molecule has 0 aliphatic carbocycles. The quantitative estimate of drug-likeness (QED) is 0.286. The zero-order chi connectivity index (χ0) is 23.5.